The van der Waals surface area contributed by atoms with Crippen molar-refractivity contribution in [2.75, 3.05) is 13.2 Å². The van der Waals surface area contributed by atoms with Crippen LogP contribution in [0, 0.1) is 0 Å². The van der Waals surface area contributed by atoms with E-state index < -0.39 is 6.04 Å². The van der Waals surface area contributed by atoms with Crippen molar-refractivity contribution in [3.63, 3.8) is 0 Å². The SMILES string of the molecule is N[C@H](C(=O)N1CCOC2CCCC21)c1ccccc1. The molecule has 2 fully saturated rings. The van der Waals surface area contributed by atoms with Crippen LogP contribution < -0.4 is 5.73 Å². The van der Waals surface area contributed by atoms with Gasteiger partial charge in [-0.3, -0.25) is 4.79 Å². The van der Waals surface area contributed by atoms with Crippen LogP contribution in [0.4, 0.5) is 0 Å². The maximum absolute atomic E-state index is 12.6. The highest BCUT2D eigenvalue weighted by Gasteiger charge is 2.39. The molecule has 2 unspecified atom stereocenters. The molecule has 4 heteroatoms. The fourth-order valence-electron chi connectivity index (χ4n) is 3.18. The number of nitrogens with two attached hydrogens (primary N) is 1. The summed E-state index contributed by atoms with van der Waals surface area (Å²) < 4.78 is 5.73. The summed E-state index contributed by atoms with van der Waals surface area (Å²) in [5.41, 5.74) is 7.00. The van der Waals surface area contributed by atoms with Crippen LogP contribution in [0.5, 0.6) is 0 Å². The number of benzene rings is 1. The molecule has 0 radical (unpaired) electrons. The number of carbonyl (C=O) groups excluding carboxylic acids is 1. The van der Waals surface area contributed by atoms with Gasteiger partial charge >= 0.3 is 0 Å². The number of nitrogens with zero attached hydrogens (tertiary/aromatic N) is 1. The third-order valence-corrected chi connectivity index (χ3v) is 4.19. The molecule has 2 N–H and O–H groups in total. The molecule has 0 aromatic heterocycles. The van der Waals surface area contributed by atoms with Crippen LogP contribution >= 0.6 is 0 Å². The lowest BCUT2D eigenvalue weighted by molar-refractivity contribution is -0.145. The summed E-state index contributed by atoms with van der Waals surface area (Å²) in [7, 11) is 0. The van der Waals surface area contributed by atoms with Crippen molar-refractivity contribution < 1.29 is 9.53 Å². The summed E-state index contributed by atoms with van der Waals surface area (Å²) in [6.45, 7) is 1.30. The molecule has 2 aliphatic rings. The number of fused-ring (bicyclic) bond motifs is 1. The first-order valence-electron chi connectivity index (χ1n) is 7.00. The second kappa shape index (κ2) is 5.31. The first-order valence-corrected chi connectivity index (χ1v) is 7.00. The van der Waals surface area contributed by atoms with Gasteiger partial charge in [0, 0.05) is 6.54 Å². The summed E-state index contributed by atoms with van der Waals surface area (Å²) in [5, 5.41) is 0. The first kappa shape index (κ1) is 12.6. The van der Waals surface area contributed by atoms with Crippen molar-refractivity contribution >= 4 is 5.91 Å². The van der Waals surface area contributed by atoms with Crippen LogP contribution in [-0.2, 0) is 9.53 Å². The Morgan fingerprint density at radius 1 is 1.32 bits per heavy atom. The molecule has 1 saturated carbocycles. The van der Waals surface area contributed by atoms with Crippen LogP contribution in [0.15, 0.2) is 30.3 Å². The Kier molecular flexibility index (Phi) is 3.53. The highest BCUT2D eigenvalue weighted by molar-refractivity contribution is 5.83. The van der Waals surface area contributed by atoms with Gasteiger partial charge in [0.2, 0.25) is 5.91 Å². The number of morpholine rings is 1. The van der Waals surface area contributed by atoms with Crippen LogP contribution in [0.3, 0.4) is 0 Å². The van der Waals surface area contributed by atoms with Gasteiger partial charge < -0.3 is 15.4 Å². The Morgan fingerprint density at radius 3 is 2.89 bits per heavy atom. The van der Waals surface area contributed by atoms with Crippen molar-refractivity contribution in [3.8, 4) is 0 Å². The number of ether oxygens (including phenoxy) is 1. The third kappa shape index (κ3) is 2.38. The number of amides is 1. The summed E-state index contributed by atoms with van der Waals surface area (Å²) >= 11 is 0. The van der Waals surface area contributed by atoms with Gasteiger partial charge in [0.1, 0.15) is 6.04 Å². The van der Waals surface area contributed by atoms with E-state index in [4.69, 9.17) is 10.5 Å². The highest BCUT2D eigenvalue weighted by atomic mass is 16.5. The minimum atomic E-state index is -0.555. The molecule has 1 aliphatic heterocycles. The molecule has 1 aromatic carbocycles. The van der Waals surface area contributed by atoms with Gasteiger partial charge in [0.05, 0.1) is 18.8 Å². The lowest BCUT2D eigenvalue weighted by atomic mass is 10.0. The molecule has 3 atom stereocenters. The van der Waals surface area contributed by atoms with E-state index in [2.05, 4.69) is 0 Å². The van der Waals surface area contributed by atoms with Crippen molar-refractivity contribution in [1.82, 2.24) is 4.90 Å². The maximum atomic E-state index is 12.6. The average Bonchev–Trinajstić information content (AvgIpc) is 2.95. The van der Waals surface area contributed by atoms with E-state index in [0.29, 0.717) is 13.2 Å². The molecule has 1 aromatic rings. The molecule has 1 amide bonds. The van der Waals surface area contributed by atoms with Crippen LogP contribution in [-0.4, -0.2) is 36.1 Å². The van der Waals surface area contributed by atoms with Gasteiger partial charge in [-0.05, 0) is 24.8 Å². The number of rotatable bonds is 2. The molecule has 4 nitrogen and oxygen atoms in total. The van der Waals surface area contributed by atoms with E-state index in [1.54, 1.807) is 0 Å². The first-order chi connectivity index (χ1) is 9.27. The Bertz CT molecular complexity index is 449. The maximum Gasteiger partial charge on any atom is 0.244 e. The van der Waals surface area contributed by atoms with E-state index in [0.717, 1.165) is 24.8 Å². The summed E-state index contributed by atoms with van der Waals surface area (Å²) in [6, 6.07) is 9.27. The fourth-order valence-corrected chi connectivity index (χ4v) is 3.18. The number of hydrogen-bond donors (Lipinski definition) is 1. The predicted octanol–water partition coefficient (Wildman–Crippen LogP) is 1.47. The smallest absolute Gasteiger partial charge is 0.244 e. The minimum Gasteiger partial charge on any atom is -0.374 e. The zero-order valence-corrected chi connectivity index (χ0v) is 11.0. The third-order valence-electron chi connectivity index (χ3n) is 4.19. The van der Waals surface area contributed by atoms with Gasteiger partial charge in [0.15, 0.2) is 0 Å². The van der Waals surface area contributed by atoms with Crippen molar-refractivity contribution in [3.05, 3.63) is 35.9 Å². The molecule has 0 spiro atoms. The quantitative estimate of drug-likeness (QED) is 0.876. The van der Waals surface area contributed by atoms with E-state index in [1.165, 1.54) is 0 Å². The van der Waals surface area contributed by atoms with E-state index >= 15 is 0 Å². The van der Waals surface area contributed by atoms with Gasteiger partial charge in [-0.15, -0.1) is 0 Å². The Balaban J connectivity index is 1.76. The number of hydrogen-bond acceptors (Lipinski definition) is 3. The lowest BCUT2D eigenvalue weighted by Crippen LogP contribution is -2.53. The zero-order valence-electron chi connectivity index (χ0n) is 11.0. The second-order valence-corrected chi connectivity index (χ2v) is 5.33. The predicted molar refractivity (Wildman–Crippen MR) is 72.5 cm³/mol. The van der Waals surface area contributed by atoms with Gasteiger partial charge in [0.25, 0.3) is 0 Å². The van der Waals surface area contributed by atoms with E-state index in [-0.39, 0.29) is 18.1 Å². The topological polar surface area (TPSA) is 55.6 Å². The van der Waals surface area contributed by atoms with Gasteiger partial charge in [-0.25, -0.2) is 0 Å². The Labute approximate surface area is 113 Å². The van der Waals surface area contributed by atoms with Gasteiger partial charge in [-0.1, -0.05) is 30.3 Å². The van der Waals surface area contributed by atoms with Crippen LogP contribution in [0.1, 0.15) is 30.9 Å². The Morgan fingerprint density at radius 2 is 2.11 bits per heavy atom. The molecule has 102 valence electrons. The van der Waals surface area contributed by atoms with E-state index in [9.17, 15) is 4.79 Å². The molecule has 0 bridgehead atoms. The van der Waals surface area contributed by atoms with Crippen LogP contribution in [0.25, 0.3) is 0 Å². The average molecular weight is 260 g/mol. The zero-order chi connectivity index (χ0) is 13.2. The second-order valence-electron chi connectivity index (χ2n) is 5.33. The van der Waals surface area contributed by atoms with Crippen molar-refractivity contribution in [2.24, 2.45) is 5.73 Å². The fraction of sp³-hybridized carbons (Fsp3) is 0.533. The van der Waals surface area contributed by atoms with E-state index in [1.807, 2.05) is 35.2 Å². The normalized spacial score (nSPS) is 27.9. The summed E-state index contributed by atoms with van der Waals surface area (Å²) in [4.78, 5) is 14.5. The molecule has 3 rings (SSSR count). The largest absolute Gasteiger partial charge is 0.374 e. The number of carbonyl (C=O) groups is 1. The minimum absolute atomic E-state index is 0.0337. The summed E-state index contributed by atoms with van der Waals surface area (Å²) in [5.74, 6) is 0.0337. The molecule has 19 heavy (non-hydrogen) atoms. The molecular formula is C15H20N2O2. The monoisotopic (exact) mass is 260 g/mol. The van der Waals surface area contributed by atoms with Crippen molar-refractivity contribution in [2.45, 2.75) is 37.5 Å². The molecular weight excluding hydrogens is 240 g/mol. The summed E-state index contributed by atoms with van der Waals surface area (Å²) in [6.07, 6.45) is 3.47. The van der Waals surface area contributed by atoms with Crippen molar-refractivity contribution in [1.29, 1.82) is 0 Å². The van der Waals surface area contributed by atoms with Crippen LogP contribution in [0.2, 0.25) is 0 Å². The van der Waals surface area contributed by atoms with Gasteiger partial charge in [-0.2, -0.15) is 0 Å². The Hall–Kier alpha value is -1.39. The molecule has 1 saturated heterocycles. The lowest BCUT2D eigenvalue weighted by Gasteiger charge is -2.39. The standard InChI is InChI=1S/C15H20N2O2/c16-14(11-5-2-1-3-6-11)15(18)17-9-10-19-13-8-4-7-12(13)17/h1-3,5-6,12-14H,4,7-10,16H2/t12?,13?,14-/m0/s1. The highest BCUT2D eigenvalue weighted by Crippen LogP contribution is 2.31. The molecule has 1 heterocycles. The molecule has 1 aliphatic carbocycles.